The Labute approximate surface area is 120 Å². The minimum atomic E-state index is -0.382. The third-order valence-corrected chi connectivity index (χ3v) is 2.87. The van der Waals surface area contributed by atoms with Crippen molar-refractivity contribution in [2.75, 3.05) is 11.1 Å². The Balaban J connectivity index is 1.86. The molecular formula is C14H13N5O2. The number of rotatable bonds is 3. The lowest BCUT2D eigenvalue weighted by Crippen LogP contribution is -2.14. The minimum absolute atomic E-state index is 0.151. The predicted octanol–water partition coefficient (Wildman–Crippen LogP) is 2.00. The summed E-state index contributed by atoms with van der Waals surface area (Å²) in [6.07, 6.45) is 1.59. The molecule has 0 aliphatic carbocycles. The Morgan fingerprint density at radius 3 is 2.71 bits per heavy atom. The summed E-state index contributed by atoms with van der Waals surface area (Å²) >= 11 is 0. The van der Waals surface area contributed by atoms with Crippen LogP contribution in [0.2, 0.25) is 0 Å². The second-order valence-corrected chi connectivity index (χ2v) is 4.51. The van der Waals surface area contributed by atoms with E-state index in [2.05, 4.69) is 15.6 Å². The molecule has 3 N–H and O–H groups in total. The van der Waals surface area contributed by atoms with Crippen LogP contribution in [0.3, 0.4) is 0 Å². The SMILES string of the molecule is Cc1cc(C(=O)Nc2ccnn2-c2ccc(N)cc2)on1. The van der Waals surface area contributed by atoms with Gasteiger partial charge in [-0.05, 0) is 31.2 Å². The van der Waals surface area contributed by atoms with Gasteiger partial charge in [-0.2, -0.15) is 5.10 Å². The highest BCUT2D eigenvalue weighted by molar-refractivity contribution is 6.01. The fraction of sp³-hybridized carbons (Fsp3) is 0.0714. The van der Waals surface area contributed by atoms with E-state index < -0.39 is 0 Å². The van der Waals surface area contributed by atoms with Gasteiger partial charge >= 0.3 is 0 Å². The molecule has 1 amide bonds. The van der Waals surface area contributed by atoms with Crippen LogP contribution >= 0.6 is 0 Å². The Morgan fingerprint density at radius 2 is 2.05 bits per heavy atom. The van der Waals surface area contributed by atoms with Crippen molar-refractivity contribution in [3.63, 3.8) is 0 Å². The highest BCUT2D eigenvalue weighted by Crippen LogP contribution is 2.17. The second kappa shape index (κ2) is 5.12. The fourth-order valence-corrected chi connectivity index (χ4v) is 1.87. The number of nitrogens with two attached hydrogens (primary N) is 1. The van der Waals surface area contributed by atoms with E-state index in [-0.39, 0.29) is 11.7 Å². The number of nitrogen functional groups attached to an aromatic ring is 1. The first-order valence-corrected chi connectivity index (χ1v) is 6.28. The van der Waals surface area contributed by atoms with Crippen LogP contribution < -0.4 is 11.1 Å². The first kappa shape index (κ1) is 12.9. The number of nitrogens with zero attached hydrogens (tertiary/aromatic N) is 3. The maximum Gasteiger partial charge on any atom is 0.295 e. The molecule has 2 heterocycles. The lowest BCUT2D eigenvalue weighted by molar-refractivity contribution is 0.0987. The molecule has 0 spiro atoms. The Hall–Kier alpha value is -3.09. The summed E-state index contributed by atoms with van der Waals surface area (Å²) in [7, 11) is 0. The zero-order valence-electron chi connectivity index (χ0n) is 11.3. The van der Waals surface area contributed by atoms with E-state index in [9.17, 15) is 4.79 Å². The number of nitrogens with one attached hydrogen (secondary N) is 1. The molecule has 106 valence electrons. The van der Waals surface area contributed by atoms with Gasteiger partial charge in [0.25, 0.3) is 5.91 Å². The summed E-state index contributed by atoms with van der Waals surface area (Å²) in [5.41, 5.74) is 7.75. The number of benzene rings is 1. The van der Waals surface area contributed by atoms with Crippen molar-refractivity contribution in [2.24, 2.45) is 0 Å². The third kappa shape index (κ3) is 2.62. The summed E-state index contributed by atoms with van der Waals surface area (Å²) < 4.78 is 6.53. The van der Waals surface area contributed by atoms with Gasteiger partial charge in [0.2, 0.25) is 5.76 Å². The second-order valence-electron chi connectivity index (χ2n) is 4.51. The minimum Gasteiger partial charge on any atom is -0.399 e. The van der Waals surface area contributed by atoms with Crippen LogP contribution in [0.5, 0.6) is 0 Å². The number of hydrogen-bond donors (Lipinski definition) is 2. The number of amides is 1. The van der Waals surface area contributed by atoms with Crippen LogP contribution in [0, 0.1) is 6.92 Å². The van der Waals surface area contributed by atoms with E-state index in [0.717, 1.165) is 5.69 Å². The molecular weight excluding hydrogens is 270 g/mol. The molecule has 3 rings (SSSR count). The van der Waals surface area contributed by atoms with E-state index in [0.29, 0.717) is 17.2 Å². The summed E-state index contributed by atoms with van der Waals surface area (Å²) in [6, 6.07) is 10.4. The molecule has 7 nitrogen and oxygen atoms in total. The van der Waals surface area contributed by atoms with E-state index >= 15 is 0 Å². The van der Waals surface area contributed by atoms with E-state index in [1.165, 1.54) is 0 Å². The maximum atomic E-state index is 12.1. The molecule has 0 saturated heterocycles. The van der Waals surface area contributed by atoms with Gasteiger partial charge in [-0.3, -0.25) is 4.79 Å². The van der Waals surface area contributed by atoms with Crippen LogP contribution in [-0.4, -0.2) is 20.8 Å². The summed E-state index contributed by atoms with van der Waals surface area (Å²) in [5.74, 6) is 0.296. The topological polar surface area (TPSA) is 99.0 Å². The molecule has 0 saturated carbocycles. The Bertz CT molecular complexity index is 773. The molecule has 1 aromatic carbocycles. The predicted molar refractivity (Wildman–Crippen MR) is 77.2 cm³/mol. The third-order valence-electron chi connectivity index (χ3n) is 2.87. The average molecular weight is 283 g/mol. The molecule has 0 radical (unpaired) electrons. The molecule has 2 aromatic heterocycles. The number of aryl methyl sites for hydroxylation is 1. The lowest BCUT2D eigenvalue weighted by Gasteiger charge is -2.08. The van der Waals surface area contributed by atoms with Gasteiger partial charge < -0.3 is 15.6 Å². The Morgan fingerprint density at radius 1 is 1.29 bits per heavy atom. The van der Waals surface area contributed by atoms with Crippen LogP contribution in [0.1, 0.15) is 16.2 Å². The summed E-state index contributed by atoms with van der Waals surface area (Å²) in [4.78, 5) is 12.1. The van der Waals surface area contributed by atoms with Crippen molar-refractivity contribution in [2.45, 2.75) is 6.92 Å². The van der Waals surface area contributed by atoms with E-state index in [4.69, 9.17) is 10.3 Å². The first-order valence-electron chi connectivity index (χ1n) is 6.28. The zero-order valence-corrected chi connectivity index (χ0v) is 11.3. The van der Waals surface area contributed by atoms with Crippen molar-refractivity contribution in [3.05, 3.63) is 54.0 Å². The highest BCUT2D eigenvalue weighted by atomic mass is 16.5. The van der Waals surface area contributed by atoms with E-state index in [1.807, 2.05) is 12.1 Å². The molecule has 0 fully saturated rings. The van der Waals surface area contributed by atoms with Gasteiger partial charge in [0.05, 0.1) is 17.6 Å². The summed E-state index contributed by atoms with van der Waals surface area (Å²) in [5, 5.41) is 10.6. The fourth-order valence-electron chi connectivity index (χ4n) is 1.87. The largest absolute Gasteiger partial charge is 0.399 e. The number of aromatic nitrogens is 3. The van der Waals surface area contributed by atoms with Crippen LogP contribution in [0.25, 0.3) is 5.69 Å². The van der Waals surface area contributed by atoms with Gasteiger partial charge in [-0.25, -0.2) is 4.68 Å². The average Bonchev–Trinajstić information content (AvgIpc) is 3.09. The molecule has 0 atom stereocenters. The zero-order chi connectivity index (χ0) is 14.8. The number of carbonyl (C=O) groups excluding carboxylic acids is 1. The lowest BCUT2D eigenvalue weighted by atomic mass is 10.3. The summed E-state index contributed by atoms with van der Waals surface area (Å²) in [6.45, 7) is 1.75. The molecule has 0 unspecified atom stereocenters. The van der Waals surface area contributed by atoms with Crippen molar-refractivity contribution in [1.29, 1.82) is 0 Å². The van der Waals surface area contributed by atoms with Gasteiger partial charge in [-0.1, -0.05) is 5.16 Å². The first-order chi connectivity index (χ1) is 10.1. The number of hydrogen-bond acceptors (Lipinski definition) is 5. The maximum absolute atomic E-state index is 12.1. The van der Waals surface area contributed by atoms with Crippen LogP contribution in [-0.2, 0) is 0 Å². The van der Waals surface area contributed by atoms with Gasteiger partial charge in [0, 0.05) is 17.8 Å². The quantitative estimate of drug-likeness (QED) is 0.716. The molecule has 3 aromatic rings. The van der Waals surface area contributed by atoms with Gasteiger partial charge in [-0.15, -0.1) is 0 Å². The highest BCUT2D eigenvalue weighted by Gasteiger charge is 2.14. The molecule has 0 aliphatic heterocycles. The normalized spacial score (nSPS) is 10.5. The smallest absolute Gasteiger partial charge is 0.295 e. The molecule has 21 heavy (non-hydrogen) atoms. The van der Waals surface area contributed by atoms with E-state index in [1.54, 1.807) is 42.1 Å². The van der Waals surface area contributed by atoms with Crippen LogP contribution in [0.4, 0.5) is 11.5 Å². The van der Waals surface area contributed by atoms with Gasteiger partial charge in [0.1, 0.15) is 5.82 Å². The standard InChI is InChI=1S/C14H13N5O2/c1-9-8-12(21-18-9)14(20)17-13-6-7-16-19(13)11-4-2-10(15)3-5-11/h2-8H,15H2,1H3,(H,17,20). The molecule has 0 bridgehead atoms. The van der Waals surface area contributed by atoms with Crippen LogP contribution in [0.15, 0.2) is 47.1 Å². The monoisotopic (exact) mass is 283 g/mol. The van der Waals surface area contributed by atoms with Crippen molar-refractivity contribution in [1.82, 2.24) is 14.9 Å². The van der Waals surface area contributed by atoms with Gasteiger partial charge in [0.15, 0.2) is 0 Å². The molecule has 0 aliphatic rings. The van der Waals surface area contributed by atoms with Crippen molar-refractivity contribution in [3.8, 4) is 5.69 Å². The number of carbonyl (C=O) groups is 1. The molecule has 7 heteroatoms. The van der Waals surface area contributed by atoms with Crippen molar-refractivity contribution >= 4 is 17.4 Å². The number of anilines is 2. The van der Waals surface area contributed by atoms with Crippen molar-refractivity contribution < 1.29 is 9.32 Å². The Kier molecular flexibility index (Phi) is 3.15.